The minimum atomic E-state index is -2.23. The molecular weight excluding hydrogens is 515 g/mol. The molecule has 0 aromatic carbocycles. The molecule has 174 valence electrons. The summed E-state index contributed by atoms with van der Waals surface area (Å²) in [5.74, 6) is 0. The molecule has 2 saturated carbocycles. The van der Waals surface area contributed by atoms with Crippen LogP contribution in [0.3, 0.4) is 0 Å². The van der Waals surface area contributed by atoms with Crippen molar-refractivity contribution in [3.63, 3.8) is 0 Å². The van der Waals surface area contributed by atoms with Crippen LogP contribution in [-0.2, 0) is 43.1 Å². The molecule has 0 radical (unpaired) electrons. The largest absolute Gasteiger partial charge is 0.436 e. The van der Waals surface area contributed by atoms with Crippen LogP contribution in [0.25, 0.3) is 0 Å². The average Bonchev–Trinajstić information content (AvgIpc) is 2.48. The van der Waals surface area contributed by atoms with Crippen LogP contribution in [0, 0.1) is 12.8 Å². The molecule has 0 amide bonds. The van der Waals surface area contributed by atoms with Crippen molar-refractivity contribution in [1.29, 1.82) is 0 Å². The summed E-state index contributed by atoms with van der Waals surface area (Å²) >= 11 is 0. The Balaban J connectivity index is -0.0000000599. The molecule has 0 aromatic rings. The maximum absolute atomic E-state index is 9.30. The van der Waals surface area contributed by atoms with Crippen molar-refractivity contribution in [2.75, 3.05) is 0 Å². The van der Waals surface area contributed by atoms with E-state index in [2.05, 4.69) is 32.5 Å². The van der Waals surface area contributed by atoms with Crippen LogP contribution in [0.4, 0.5) is 0 Å². The third kappa shape index (κ3) is 58.7. The first kappa shape index (κ1) is 44.5. The van der Waals surface area contributed by atoms with Gasteiger partial charge in [-0.25, -0.2) is 0 Å². The predicted molar refractivity (Wildman–Crippen MR) is 133 cm³/mol. The third-order valence-corrected chi connectivity index (χ3v) is 7.64. The van der Waals surface area contributed by atoms with E-state index < -0.39 is 25.9 Å². The maximum atomic E-state index is 9.30. The van der Waals surface area contributed by atoms with Gasteiger partial charge in [0.1, 0.15) is 0 Å². The molecule has 0 spiro atoms. The van der Waals surface area contributed by atoms with Gasteiger partial charge in [-0.15, -0.1) is 0 Å². The van der Waals surface area contributed by atoms with Gasteiger partial charge in [0.25, 0.3) is 0 Å². The second-order valence-corrected chi connectivity index (χ2v) is 18.7. The Morgan fingerprint density at radius 2 is 0.931 bits per heavy atom. The topological polar surface area (TPSA) is 49.7 Å². The van der Waals surface area contributed by atoms with E-state index >= 15 is 0 Å². The van der Waals surface area contributed by atoms with Crippen molar-refractivity contribution in [2.45, 2.75) is 125 Å². The molecule has 2 aliphatic rings. The van der Waals surface area contributed by atoms with Gasteiger partial charge >= 0.3 is 8.56 Å². The Kier molecular flexibility index (Phi) is 42.6. The summed E-state index contributed by atoms with van der Waals surface area (Å²) in [5.41, 5.74) is 0. The molecule has 0 aromatic heterocycles. The fourth-order valence-electron chi connectivity index (χ4n) is 2.55. The van der Waals surface area contributed by atoms with E-state index in [1.807, 2.05) is 13.1 Å². The van der Waals surface area contributed by atoms with Crippen molar-refractivity contribution in [3.8, 4) is 0 Å². The fourth-order valence-corrected chi connectivity index (χ4v) is 8.54. The van der Waals surface area contributed by atoms with Crippen LogP contribution in [0.15, 0.2) is 0 Å². The van der Waals surface area contributed by atoms with Gasteiger partial charge in [-0.05, 0) is 45.8 Å². The zero-order valence-electron chi connectivity index (χ0n) is 19.5. The molecule has 0 aliphatic heterocycles. The summed E-state index contributed by atoms with van der Waals surface area (Å²) in [6.07, 6.45) is 19.0. The molecule has 0 saturated heterocycles. The van der Waals surface area contributed by atoms with Gasteiger partial charge in [-0.2, -0.15) is 25.7 Å². The standard InChI is InChI=1S/2C6H11.C5H16O2Si2.C2H8OSi.2CH4.2Zn/c2*1-2-4-6-5-3-1;1-8(2,3)7-9(4,5)6;1-4(2)3;;;;/h2*1H,2-6H2;6H,1-5H3;3-4H,1-2H3;2*1H4;;/q2*-1;;;;;;. The van der Waals surface area contributed by atoms with Gasteiger partial charge in [0.2, 0.25) is 0 Å². The van der Waals surface area contributed by atoms with Crippen LogP contribution in [0.5, 0.6) is 0 Å². The van der Waals surface area contributed by atoms with Crippen LogP contribution in [0.2, 0.25) is 45.8 Å². The number of hydrogen-bond acceptors (Lipinski definition) is 3. The summed E-state index contributed by atoms with van der Waals surface area (Å²) in [4.78, 5) is 17.5. The van der Waals surface area contributed by atoms with Crippen molar-refractivity contribution >= 4 is 25.9 Å². The normalized spacial score (nSPS) is 15.5. The molecular formula is C21H54O3Si3Zn2-2. The molecule has 0 atom stereocenters. The first-order valence-corrected chi connectivity index (χ1v) is 19.3. The van der Waals surface area contributed by atoms with Gasteiger partial charge in [0, 0.05) is 39.0 Å². The molecule has 29 heavy (non-hydrogen) atoms. The van der Waals surface area contributed by atoms with E-state index in [0.29, 0.717) is 0 Å². The van der Waals surface area contributed by atoms with E-state index in [1.54, 1.807) is 13.1 Å². The first-order chi connectivity index (χ1) is 11.4. The van der Waals surface area contributed by atoms with Crippen LogP contribution in [-0.4, -0.2) is 35.5 Å². The van der Waals surface area contributed by atoms with E-state index in [0.717, 1.165) is 0 Å². The van der Waals surface area contributed by atoms with E-state index in [1.165, 1.54) is 64.2 Å². The second-order valence-electron chi connectivity index (χ2n) is 8.61. The van der Waals surface area contributed by atoms with Gasteiger partial charge in [0.15, 0.2) is 17.4 Å². The summed E-state index contributed by atoms with van der Waals surface area (Å²) in [5, 5.41) is 0. The Labute approximate surface area is 215 Å². The van der Waals surface area contributed by atoms with Crippen LogP contribution >= 0.6 is 0 Å². The Hall–Kier alpha value is 1.78. The van der Waals surface area contributed by atoms with Crippen LogP contribution < -0.4 is 0 Å². The quantitative estimate of drug-likeness (QED) is 0.276. The minimum absolute atomic E-state index is 0. The molecule has 2 rings (SSSR count). The fraction of sp³-hybridized carbons (Fsp3) is 0.905. The molecule has 0 bridgehead atoms. The van der Waals surface area contributed by atoms with Crippen molar-refractivity contribution in [1.82, 2.24) is 0 Å². The van der Waals surface area contributed by atoms with Crippen molar-refractivity contribution in [3.05, 3.63) is 12.8 Å². The van der Waals surface area contributed by atoms with Crippen molar-refractivity contribution < 1.29 is 52.7 Å². The van der Waals surface area contributed by atoms with Crippen LogP contribution in [0.1, 0.15) is 79.1 Å². The van der Waals surface area contributed by atoms with Gasteiger partial charge < -0.3 is 26.5 Å². The van der Waals surface area contributed by atoms with Gasteiger partial charge in [-0.3, -0.25) is 0 Å². The van der Waals surface area contributed by atoms with E-state index in [4.69, 9.17) is 8.91 Å². The summed E-state index contributed by atoms with van der Waals surface area (Å²) in [7, 11) is -4.85. The Morgan fingerprint density at radius 1 is 0.690 bits per heavy atom. The SMILES string of the molecule is C.C.C[SiH](C)O.C[Si](C)(C)O[Si](C)(C)O.[CH-]1CCCCC1.[CH-]1CCCCC1.[Zn].[Zn]. The molecule has 2 fully saturated rings. The van der Waals surface area contributed by atoms with E-state index in [-0.39, 0.29) is 53.8 Å². The average molecular weight is 570 g/mol. The molecule has 3 nitrogen and oxygen atoms in total. The molecule has 0 unspecified atom stereocenters. The number of hydrogen-bond donors (Lipinski definition) is 2. The van der Waals surface area contributed by atoms with Gasteiger partial charge in [0.05, 0.1) is 0 Å². The number of rotatable bonds is 2. The zero-order chi connectivity index (χ0) is 19.8. The van der Waals surface area contributed by atoms with E-state index in [9.17, 15) is 4.80 Å². The summed E-state index contributed by atoms with van der Waals surface area (Å²) in [6, 6.07) is 0. The smallest absolute Gasteiger partial charge is 0.318 e. The predicted octanol–water partition coefficient (Wildman–Crippen LogP) is 7.07. The molecule has 2 aliphatic carbocycles. The molecule has 2 N–H and O–H groups in total. The monoisotopic (exact) mass is 566 g/mol. The summed E-state index contributed by atoms with van der Waals surface area (Å²) in [6.45, 7) is 13.6. The zero-order valence-corrected chi connectivity index (χ0v) is 28.6. The minimum Gasteiger partial charge on any atom is -0.436 e. The Bertz CT molecular complexity index is 228. The molecule has 8 heteroatoms. The van der Waals surface area contributed by atoms with Gasteiger partial charge in [-0.1, -0.05) is 53.4 Å². The Morgan fingerprint density at radius 3 is 0.966 bits per heavy atom. The maximum Gasteiger partial charge on any atom is 0.318 e. The first-order valence-electron chi connectivity index (χ1n) is 10.2. The van der Waals surface area contributed by atoms with Crippen molar-refractivity contribution in [2.24, 2.45) is 0 Å². The third-order valence-electron chi connectivity index (χ3n) is 3.19. The summed E-state index contributed by atoms with van der Waals surface area (Å²) < 4.78 is 5.46. The second kappa shape index (κ2) is 27.8. The molecule has 0 heterocycles.